The molecule has 9 nitrogen and oxygen atoms in total. The maximum atomic E-state index is 14.2. The van der Waals surface area contributed by atoms with E-state index in [0.29, 0.717) is 18.3 Å². The average molecular weight is 644 g/mol. The van der Waals surface area contributed by atoms with Crippen LogP contribution in [0.5, 0.6) is 0 Å². The van der Waals surface area contributed by atoms with Gasteiger partial charge in [0.1, 0.15) is 11.6 Å². The molecule has 5 aliphatic rings. The van der Waals surface area contributed by atoms with E-state index in [2.05, 4.69) is 38.9 Å². The lowest BCUT2D eigenvalue weighted by molar-refractivity contribution is -0.142. The molecule has 0 radical (unpaired) electrons. The Morgan fingerprint density at radius 3 is 2.23 bits per heavy atom. The summed E-state index contributed by atoms with van der Waals surface area (Å²) >= 11 is 0. The fourth-order valence-corrected chi connectivity index (χ4v) is 8.84. The van der Waals surface area contributed by atoms with E-state index < -0.39 is 23.6 Å². The number of nitrogens with one attached hydrogen (secondary N) is 3. The Morgan fingerprint density at radius 2 is 1.55 bits per heavy atom. The number of hydrogen-bond acceptors (Lipinski definition) is 6. The zero-order chi connectivity index (χ0) is 33.0. The first kappa shape index (κ1) is 33.0. The number of methoxy groups -OCH3 is 1. The molecule has 1 unspecified atom stereocenters. The highest BCUT2D eigenvalue weighted by atomic mass is 16.6. The van der Waals surface area contributed by atoms with Gasteiger partial charge >= 0.3 is 12.1 Å². The molecule has 4 bridgehead atoms. The molecule has 0 aromatic heterocycles. The van der Waals surface area contributed by atoms with Crippen LogP contribution in [-0.2, 0) is 43.1 Å². The Kier molecular flexibility index (Phi) is 10.2. The minimum absolute atomic E-state index is 0.0297. The molecule has 5 aliphatic carbocycles. The van der Waals surface area contributed by atoms with Crippen molar-refractivity contribution >= 4 is 23.9 Å². The molecule has 47 heavy (non-hydrogen) atoms. The van der Waals surface area contributed by atoms with Crippen molar-refractivity contribution in [3.05, 3.63) is 70.8 Å². The van der Waals surface area contributed by atoms with Crippen molar-refractivity contribution < 1.29 is 28.7 Å². The second-order valence-corrected chi connectivity index (χ2v) is 14.6. The van der Waals surface area contributed by atoms with Gasteiger partial charge in [0.25, 0.3) is 0 Å². The molecule has 4 fully saturated rings. The van der Waals surface area contributed by atoms with E-state index in [4.69, 9.17) is 4.74 Å². The molecular weight excluding hydrogens is 594 g/mol. The molecule has 0 spiro atoms. The smallest absolute Gasteiger partial charge is 0.408 e. The molecule has 7 rings (SSSR count). The Labute approximate surface area is 277 Å². The molecule has 3 N–H and O–H groups in total. The van der Waals surface area contributed by atoms with Gasteiger partial charge in [0, 0.05) is 19.4 Å². The number of esters is 1. The predicted molar refractivity (Wildman–Crippen MR) is 177 cm³/mol. The van der Waals surface area contributed by atoms with Crippen LogP contribution in [0.2, 0.25) is 0 Å². The lowest BCUT2D eigenvalue weighted by Crippen LogP contribution is -2.60. The third kappa shape index (κ3) is 7.99. The second kappa shape index (κ2) is 14.5. The van der Waals surface area contributed by atoms with Gasteiger partial charge < -0.3 is 25.4 Å². The van der Waals surface area contributed by atoms with Gasteiger partial charge in [-0.3, -0.25) is 14.4 Å². The minimum atomic E-state index is -1.30. The fourth-order valence-electron chi connectivity index (χ4n) is 8.84. The first-order valence-corrected chi connectivity index (χ1v) is 17.5. The van der Waals surface area contributed by atoms with Gasteiger partial charge in [0.05, 0.1) is 19.6 Å². The first-order chi connectivity index (χ1) is 22.7. The van der Waals surface area contributed by atoms with Crippen LogP contribution in [-0.4, -0.2) is 49.2 Å². The summed E-state index contributed by atoms with van der Waals surface area (Å²) in [7, 11) is 1.29. The van der Waals surface area contributed by atoms with Gasteiger partial charge in [-0.05, 0) is 111 Å². The molecule has 9 heteroatoms. The molecule has 0 saturated heterocycles. The van der Waals surface area contributed by atoms with Crippen LogP contribution in [0.4, 0.5) is 4.79 Å². The van der Waals surface area contributed by atoms with Crippen molar-refractivity contribution in [3.63, 3.8) is 0 Å². The van der Waals surface area contributed by atoms with Crippen molar-refractivity contribution in [2.45, 2.75) is 102 Å². The maximum absolute atomic E-state index is 14.2. The molecule has 0 aliphatic heterocycles. The van der Waals surface area contributed by atoms with Gasteiger partial charge in [-0.25, -0.2) is 4.79 Å². The average Bonchev–Trinajstić information content (AvgIpc) is 3.06. The Bertz CT molecular complexity index is 1430. The largest absolute Gasteiger partial charge is 0.469 e. The summed E-state index contributed by atoms with van der Waals surface area (Å²) in [6, 6.07) is 15.2. The lowest BCUT2D eigenvalue weighted by atomic mass is 9.55. The second-order valence-electron chi connectivity index (χ2n) is 14.6. The van der Waals surface area contributed by atoms with Gasteiger partial charge in [0.2, 0.25) is 11.8 Å². The van der Waals surface area contributed by atoms with E-state index in [0.717, 1.165) is 67.9 Å². The molecule has 3 amide bonds. The van der Waals surface area contributed by atoms with Crippen molar-refractivity contribution in [2.75, 3.05) is 13.7 Å². The molecular formula is C38H49N3O6. The minimum Gasteiger partial charge on any atom is -0.469 e. The topological polar surface area (TPSA) is 123 Å². The zero-order valence-corrected chi connectivity index (χ0v) is 27.7. The zero-order valence-electron chi connectivity index (χ0n) is 27.7. The van der Waals surface area contributed by atoms with Crippen LogP contribution in [0.15, 0.2) is 48.5 Å². The van der Waals surface area contributed by atoms with E-state index in [1.54, 1.807) is 6.92 Å². The summed E-state index contributed by atoms with van der Waals surface area (Å²) < 4.78 is 10.9. The Morgan fingerprint density at radius 1 is 0.872 bits per heavy atom. The number of hydrogen-bond donors (Lipinski definition) is 3. The Balaban J connectivity index is 1.17. The number of amides is 3. The van der Waals surface area contributed by atoms with Crippen LogP contribution in [0.3, 0.4) is 0 Å². The van der Waals surface area contributed by atoms with Gasteiger partial charge in [-0.15, -0.1) is 0 Å². The number of alkyl carbamates (subject to hydrolysis) is 1. The highest BCUT2D eigenvalue weighted by Crippen LogP contribution is 2.54. The summed E-state index contributed by atoms with van der Waals surface area (Å²) in [6.45, 7) is 1.85. The van der Waals surface area contributed by atoms with Crippen molar-refractivity contribution in [2.24, 2.45) is 23.7 Å². The lowest BCUT2D eigenvalue weighted by Gasteiger charge is -2.53. The molecule has 0 heterocycles. The maximum Gasteiger partial charge on any atom is 0.408 e. The molecule has 2 aromatic rings. The number of ether oxygens (including phenoxy) is 2. The first-order valence-electron chi connectivity index (χ1n) is 17.5. The number of fused-ring (bicyclic) bond motifs is 1. The van der Waals surface area contributed by atoms with Crippen LogP contribution < -0.4 is 16.0 Å². The number of aryl methyl sites for hydroxylation is 2. The van der Waals surface area contributed by atoms with E-state index in [1.165, 1.54) is 31.1 Å². The SMILES string of the molecule is COC(=O)CCC(=O)N[C@@H](CNC(=O)C(C)(Cc1ccc2c(c1)CCCC2)NC(=O)OC1C2CC3CC(C2)CC1C3)c1ccccc1. The summed E-state index contributed by atoms with van der Waals surface area (Å²) in [5.74, 6) is 1.20. The molecule has 2 aromatic carbocycles. The Hall–Kier alpha value is -3.88. The standard InChI is InChI=1S/C38H49N3O6/c1-38(22-24-12-13-27-8-6-7-11-29(27)17-24,41-37(45)47-35-30-18-25-16-26(20-30)21-31(35)19-25)36(44)39-23-32(28-9-4-3-5-10-28)40-33(42)14-15-34(43)46-2/h3-5,9-10,12-13,17,25-26,30-32,35H,6-8,11,14-16,18-23H2,1-2H3,(H,39,44)(H,40,42)(H,41,45)/t25?,26?,30?,31?,32-,35?,38?/m0/s1. The van der Waals surface area contributed by atoms with Crippen LogP contribution in [0.25, 0.3) is 0 Å². The summed E-state index contributed by atoms with van der Waals surface area (Å²) in [5.41, 5.74) is 3.15. The third-order valence-corrected chi connectivity index (χ3v) is 11.0. The fraction of sp³-hybridized carbons (Fsp3) is 0.579. The molecule has 2 atom stereocenters. The molecule has 4 saturated carbocycles. The third-order valence-electron chi connectivity index (χ3n) is 11.0. The van der Waals surface area contributed by atoms with Gasteiger partial charge in [0.15, 0.2) is 0 Å². The quantitative estimate of drug-likeness (QED) is 0.268. The number of carbonyl (C=O) groups excluding carboxylic acids is 4. The predicted octanol–water partition coefficient (Wildman–Crippen LogP) is 5.34. The van der Waals surface area contributed by atoms with E-state index in [9.17, 15) is 19.2 Å². The monoisotopic (exact) mass is 643 g/mol. The van der Waals surface area contributed by atoms with Gasteiger partial charge in [-0.2, -0.15) is 0 Å². The number of benzene rings is 2. The summed E-state index contributed by atoms with van der Waals surface area (Å²) in [5, 5.41) is 9.00. The highest BCUT2D eigenvalue weighted by molar-refractivity contribution is 5.90. The number of carbonyl (C=O) groups is 4. The van der Waals surface area contributed by atoms with Crippen molar-refractivity contribution in [3.8, 4) is 0 Å². The van der Waals surface area contributed by atoms with E-state index in [1.807, 2.05) is 30.3 Å². The van der Waals surface area contributed by atoms with Crippen LogP contribution in [0.1, 0.15) is 93.0 Å². The number of rotatable bonds is 12. The summed E-state index contributed by atoms with van der Waals surface area (Å²) in [4.78, 5) is 52.2. The van der Waals surface area contributed by atoms with Crippen molar-refractivity contribution in [1.29, 1.82) is 0 Å². The molecule has 252 valence electrons. The normalized spacial score (nSPS) is 25.9. The van der Waals surface area contributed by atoms with Crippen LogP contribution in [0, 0.1) is 23.7 Å². The van der Waals surface area contributed by atoms with E-state index >= 15 is 0 Å². The van der Waals surface area contributed by atoms with Crippen molar-refractivity contribution in [1.82, 2.24) is 16.0 Å². The highest BCUT2D eigenvalue weighted by Gasteiger charge is 2.50. The van der Waals surface area contributed by atoms with E-state index in [-0.39, 0.29) is 37.3 Å². The van der Waals surface area contributed by atoms with Crippen LogP contribution >= 0.6 is 0 Å². The van der Waals surface area contributed by atoms with Gasteiger partial charge in [-0.1, -0.05) is 48.5 Å². The summed E-state index contributed by atoms with van der Waals surface area (Å²) in [6.07, 6.45) is 9.84.